The summed E-state index contributed by atoms with van der Waals surface area (Å²) in [6.45, 7) is 2.17. The highest BCUT2D eigenvalue weighted by atomic mass is 16.5. The number of hydrogen-bond acceptors (Lipinski definition) is 5. The molecule has 0 bridgehead atoms. The molecule has 0 aliphatic carbocycles. The first-order valence-corrected chi connectivity index (χ1v) is 17.6. The van der Waals surface area contributed by atoms with Crippen LogP contribution in [0.2, 0.25) is 0 Å². The Bertz CT molecular complexity index is 2170. The zero-order chi connectivity index (χ0) is 35.3. The molecule has 7 rings (SSSR count). The minimum atomic E-state index is -0.306. The monoisotopic (exact) mass is 672 g/mol. The number of anilines is 4. The molecule has 6 heteroatoms. The van der Waals surface area contributed by atoms with Gasteiger partial charge in [0.1, 0.15) is 0 Å². The highest BCUT2D eigenvalue weighted by Gasteiger charge is 2.34. The van der Waals surface area contributed by atoms with E-state index in [1.807, 2.05) is 72.8 Å². The number of nitrogens with zero attached hydrogens (tertiary/aromatic N) is 2. The van der Waals surface area contributed by atoms with Crippen molar-refractivity contribution in [2.75, 3.05) is 16.9 Å². The molecule has 0 N–H and O–H groups in total. The Balaban J connectivity index is 1.19. The summed E-state index contributed by atoms with van der Waals surface area (Å²) >= 11 is 0. The molecule has 1 aliphatic heterocycles. The molecule has 0 unspecified atom stereocenters. The Hall–Kier alpha value is -6.01. The number of para-hydroxylation sites is 1. The quantitative estimate of drug-likeness (QED) is 0.0956. The highest BCUT2D eigenvalue weighted by molar-refractivity contribution is 6.36. The zero-order valence-electron chi connectivity index (χ0n) is 29.0. The van der Waals surface area contributed by atoms with E-state index in [4.69, 9.17) is 4.74 Å². The summed E-state index contributed by atoms with van der Waals surface area (Å²) in [6, 6.07) is 44.4. The van der Waals surface area contributed by atoms with Crippen LogP contribution >= 0.6 is 0 Å². The molecule has 6 aromatic rings. The lowest BCUT2D eigenvalue weighted by molar-refractivity contribution is -0.140. The Morgan fingerprint density at radius 2 is 1.18 bits per heavy atom. The van der Waals surface area contributed by atoms with Gasteiger partial charge in [-0.1, -0.05) is 86.1 Å². The Morgan fingerprint density at radius 1 is 0.608 bits per heavy atom. The van der Waals surface area contributed by atoms with E-state index in [1.165, 1.54) is 17.6 Å². The van der Waals surface area contributed by atoms with E-state index in [9.17, 15) is 14.4 Å². The molecule has 0 saturated heterocycles. The van der Waals surface area contributed by atoms with Crippen molar-refractivity contribution in [2.45, 2.75) is 45.4 Å². The molecule has 51 heavy (non-hydrogen) atoms. The van der Waals surface area contributed by atoms with E-state index in [0.717, 1.165) is 71.2 Å². The molecule has 254 valence electrons. The molecule has 0 radical (unpaired) electrons. The van der Waals surface area contributed by atoms with Crippen LogP contribution in [0.3, 0.4) is 0 Å². The summed E-state index contributed by atoms with van der Waals surface area (Å²) in [7, 11) is 1.42. The number of benzene rings is 6. The second-order valence-electron chi connectivity index (χ2n) is 12.9. The van der Waals surface area contributed by atoms with E-state index in [1.54, 1.807) is 0 Å². The van der Waals surface area contributed by atoms with Gasteiger partial charge in [-0.15, -0.1) is 0 Å². The fraction of sp³-hybridized carbons (Fsp3) is 0.178. The molecule has 1 aliphatic rings. The Morgan fingerprint density at radius 3 is 1.82 bits per heavy atom. The van der Waals surface area contributed by atoms with Gasteiger partial charge in [-0.2, -0.15) is 0 Å². The molecule has 0 fully saturated rings. The maximum atomic E-state index is 13.9. The number of esters is 1. The number of methoxy groups -OCH3 is 1. The van der Waals surface area contributed by atoms with Crippen molar-refractivity contribution in [3.05, 3.63) is 156 Å². The molecular weight excluding hydrogens is 633 g/mol. The molecule has 2 amide bonds. The van der Waals surface area contributed by atoms with Crippen molar-refractivity contribution in [3.63, 3.8) is 0 Å². The highest BCUT2D eigenvalue weighted by Crippen LogP contribution is 2.40. The van der Waals surface area contributed by atoms with Crippen LogP contribution in [0.1, 0.15) is 64.4 Å². The lowest BCUT2D eigenvalue weighted by Gasteiger charge is -2.28. The van der Waals surface area contributed by atoms with Crippen molar-refractivity contribution in [2.24, 2.45) is 0 Å². The third kappa shape index (κ3) is 6.78. The van der Waals surface area contributed by atoms with Crippen molar-refractivity contribution >= 4 is 51.3 Å². The minimum Gasteiger partial charge on any atom is -0.469 e. The smallest absolute Gasteiger partial charge is 0.305 e. The van der Waals surface area contributed by atoms with Gasteiger partial charge < -0.3 is 9.64 Å². The number of hydrogen-bond donors (Lipinski definition) is 0. The van der Waals surface area contributed by atoms with Crippen LogP contribution in [0, 0.1) is 0 Å². The number of amides is 2. The topological polar surface area (TPSA) is 66.9 Å². The maximum Gasteiger partial charge on any atom is 0.305 e. The maximum absolute atomic E-state index is 13.9. The molecule has 6 nitrogen and oxygen atoms in total. The van der Waals surface area contributed by atoms with Crippen molar-refractivity contribution in [1.29, 1.82) is 0 Å². The lowest BCUT2D eigenvalue weighted by atomic mass is 9.89. The van der Waals surface area contributed by atoms with Gasteiger partial charge in [0.15, 0.2) is 0 Å². The Kier molecular flexibility index (Phi) is 9.75. The summed E-state index contributed by atoms with van der Waals surface area (Å²) in [5.41, 5.74) is 8.99. The second-order valence-corrected chi connectivity index (χ2v) is 12.9. The van der Waals surface area contributed by atoms with Gasteiger partial charge in [0, 0.05) is 40.0 Å². The predicted octanol–water partition coefficient (Wildman–Crippen LogP) is 10.6. The van der Waals surface area contributed by atoms with Crippen LogP contribution < -0.4 is 9.80 Å². The zero-order valence-corrected chi connectivity index (χ0v) is 29.0. The fourth-order valence-corrected chi connectivity index (χ4v) is 6.94. The van der Waals surface area contributed by atoms with Gasteiger partial charge >= 0.3 is 5.97 Å². The first kappa shape index (κ1) is 33.5. The van der Waals surface area contributed by atoms with Crippen LogP contribution in [0.5, 0.6) is 0 Å². The summed E-state index contributed by atoms with van der Waals surface area (Å²) in [5, 5.41) is 1.57. The predicted molar refractivity (Wildman–Crippen MR) is 205 cm³/mol. The third-order valence-electron chi connectivity index (χ3n) is 9.64. The number of ether oxygens (including phenoxy) is 1. The van der Waals surface area contributed by atoms with E-state index in [-0.39, 0.29) is 17.8 Å². The summed E-state index contributed by atoms with van der Waals surface area (Å²) in [5.74, 6) is -0.801. The summed E-state index contributed by atoms with van der Waals surface area (Å²) in [6.07, 6.45) is 5.12. The van der Waals surface area contributed by atoms with Crippen LogP contribution in [-0.2, 0) is 22.4 Å². The van der Waals surface area contributed by atoms with Crippen molar-refractivity contribution in [3.8, 4) is 11.1 Å². The van der Waals surface area contributed by atoms with E-state index < -0.39 is 0 Å². The number of carbonyl (C=O) groups is 3. The van der Waals surface area contributed by atoms with Gasteiger partial charge in [-0.3, -0.25) is 14.4 Å². The van der Waals surface area contributed by atoms with Gasteiger partial charge in [0.2, 0.25) is 0 Å². The third-order valence-corrected chi connectivity index (χ3v) is 9.64. The van der Waals surface area contributed by atoms with Crippen LogP contribution in [-0.4, -0.2) is 24.9 Å². The number of carbonyl (C=O) groups excluding carboxylic acids is 3. The Labute approximate surface area is 298 Å². The van der Waals surface area contributed by atoms with Gasteiger partial charge in [-0.05, 0) is 114 Å². The van der Waals surface area contributed by atoms with Gasteiger partial charge in [-0.25, -0.2) is 4.90 Å². The largest absolute Gasteiger partial charge is 0.469 e. The number of rotatable bonds is 12. The molecule has 6 aromatic carbocycles. The van der Waals surface area contributed by atoms with E-state index in [0.29, 0.717) is 28.6 Å². The first-order chi connectivity index (χ1) is 25.0. The second kappa shape index (κ2) is 14.9. The average Bonchev–Trinajstić information content (AvgIpc) is 3.18. The molecule has 0 spiro atoms. The van der Waals surface area contributed by atoms with Crippen molar-refractivity contribution in [1.82, 2.24) is 0 Å². The SMILES string of the molecule is CCCCc1ccc(N2C(=O)c3cccc4c(-c5ccc(N(c6ccccc6)c6ccc(CCCC(=O)OC)cc6)cc5)ccc(c34)C2=O)cc1. The normalized spacial score (nSPS) is 12.3. The molecule has 1 heterocycles. The molecule has 0 saturated carbocycles. The fourth-order valence-electron chi connectivity index (χ4n) is 6.94. The van der Waals surface area contributed by atoms with Crippen LogP contribution in [0.25, 0.3) is 21.9 Å². The van der Waals surface area contributed by atoms with Gasteiger partial charge in [0.05, 0.1) is 12.8 Å². The number of imide groups is 1. The van der Waals surface area contributed by atoms with Crippen LogP contribution in [0.4, 0.5) is 22.7 Å². The molecule has 0 aromatic heterocycles. The van der Waals surface area contributed by atoms with Gasteiger partial charge in [0.25, 0.3) is 11.8 Å². The number of unbranched alkanes of at least 4 members (excludes halogenated alkanes) is 1. The minimum absolute atomic E-state index is 0.189. The summed E-state index contributed by atoms with van der Waals surface area (Å²) in [4.78, 5) is 42.9. The van der Waals surface area contributed by atoms with E-state index >= 15 is 0 Å². The lowest BCUT2D eigenvalue weighted by Crippen LogP contribution is -2.40. The summed E-state index contributed by atoms with van der Waals surface area (Å²) < 4.78 is 4.78. The van der Waals surface area contributed by atoms with Crippen LogP contribution in [0.15, 0.2) is 133 Å². The molecular formula is C45H40N2O4. The average molecular weight is 673 g/mol. The standard InChI is InChI=1S/C45H40N2O4/c1-3-4-10-31-19-25-37(26-20-31)47-44(49)40-15-9-14-39-38(29-30-41(43(39)40)45(47)50)33-21-27-36(28-22-33)46(34-12-6-5-7-13-34)35-23-17-32(18-24-35)11-8-16-42(48)51-2/h5-7,9,12-15,17-30H,3-4,8,10-11,16H2,1-2H3. The first-order valence-electron chi connectivity index (χ1n) is 17.6. The number of aryl methyl sites for hydroxylation is 2. The van der Waals surface area contributed by atoms with Crippen molar-refractivity contribution < 1.29 is 19.1 Å². The van der Waals surface area contributed by atoms with E-state index in [2.05, 4.69) is 72.5 Å². The molecule has 0 atom stereocenters.